The van der Waals surface area contributed by atoms with E-state index in [4.69, 9.17) is 23.8 Å². The number of hydrogen-bond acceptors (Lipinski definition) is 9. The highest BCUT2D eigenvalue weighted by molar-refractivity contribution is 5.49. The van der Waals surface area contributed by atoms with Crippen LogP contribution in [-0.4, -0.2) is 71.9 Å². The van der Waals surface area contributed by atoms with Gasteiger partial charge in [0.2, 0.25) is 0 Å². The minimum absolute atomic E-state index is 0.0773. The van der Waals surface area contributed by atoms with Crippen molar-refractivity contribution < 1.29 is 28.9 Å². The summed E-state index contributed by atoms with van der Waals surface area (Å²) in [5, 5.41) is 13.2. The van der Waals surface area contributed by atoms with Crippen molar-refractivity contribution in [3.8, 4) is 11.5 Å². The Kier molecular flexibility index (Phi) is 7.67. The molecule has 3 aromatic carbocycles. The van der Waals surface area contributed by atoms with E-state index in [2.05, 4.69) is 4.98 Å². The van der Waals surface area contributed by atoms with Gasteiger partial charge in [0.15, 0.2) is 6.23 Å². The first-order valence-corrected chi connectivity index (χ1v) is 13.8. The van der Waals surface area contributed by atoms with Crippen LogP contribution in [0, 0.1) is 0 Å². The molecule has 0 spiro atoms. The zero-order valence-corrected chi connectivity index (χ0v) is 24.0. The normalized spacial score (nSPS) is 23.4. The molecule has 224 valence electrons. The number of fused-ring (bicyclic) bond motifs is 2. The number of hydroxylamine groups is 2. The fraction of sp³-hybridized carbons (Fsp3) is 0.312. The van der Waals surface area contributed by atoms with Crippen molar-refractivity contribution in [2.45, 2.75) is 29.6 Å². The van der Waals surface area contributed by atoms with E-state index < -0.39 is 40.8 Å². The maximum atomic E-state index is 12.7. The molecule has 2 bridgehead atoms. The highest BCUT2D eigenvalue weighted by atomic mass is 16.7. The summed E-state index contributed by atoms with van der Waals surface area (Å²) in [6.45, 7) is 0.103. The van der Waals surface area contributed by atoms with Crippen LogP contribution in [0.3, 0.4) is 0 Å². The lowest BCUT2D eigenvalue weighted by Crippen LogP contribution is -2.51. The monoisotopic (exact) mass is 587 g/mol. The van der Waals surface area contributed by atoms with Crippen LogP contribution in [0.2, 0.25) is 0 Å². The summed E-state index contributed by atoms with van der Waals surface area (Å²) in [6.07, 6.45) is -0.675. The molecule has 0 unspecified atom stereocenters. The molecule has 4 atom stereocenters. The number of aromatic nitrogens is 2. The van der Waals surface area contributed by atoms with Crippen LogP contribution >= 0.6 is 0 Å². The predicted octanol–water partition coefficient (Wildman–Crippen LogP) is 2.44. The lowest BCUT2D eigenvalue weighted by Gasteiger charge is -2.41. The lowest BCUT2D eigenvalue weighted by atomic mass is 9.79. The molecule has 0 saturated carbocycles. The number of ether oxygens (including phenoxy) is 4. The summed E-state index contributed by atoms with van der Waals surface area (Å²) in [7, 11) is 4.72. The van der Waals surface area contributed by atoms with Gasteiger partial charge >= 0.3 is 5.69 Å². The quantitative estimate of drug-likeness (QED) is 0.269. The molecule has 6 rings (SSSR count). The molecular formula is C32H33N3O8. The van der Waals surface area contributed by atoms with E-state index in [1.165, 1.54) is 23.9 Å². The number of aliphatic hydroxyl groups is 1. The third-order valence-electron chi connectivity index (χ3n) is 8.33. The summed E-state index contributed by atoms with van der Waals surface area (Å²) >= 11 is 0. The zero-order valence-electron chi connectivity index (χ0n) is 24.0. The Morgan fingerprint density at radius 1 is 0.884 bits per heavy atom. The fourth-order valence-corrected chi connectivity index (χ4v) is 6.15. The van der Waals surface area contributed by atoms with Crippen LogP contribution in [0.4, 0.5) is 0 Å². The van der Waals surface area contributed by atoms with Gasteiger partial charge in [-0.2, -0.15) is 5.06 Å². The second-order valence-corrected chi connectivity index (χ2v) is 10.6. The molecule has 2 fully saturated rings. The van der Waals surface area contributed by atoms with Crippen LogP contribution in [0.5, 0.6) is 11.5 Å². The van der Waals surface area contributed by atoms with Gasteiger partial charge in [-0.3, -0.25) is 14.3 Å². The highest BCUT2D eigenvalue weighted by Gasteiger charge is 2.65. The number of benzene rings is 3. The number of nitrogens with one attached hydrogen (secondary N) is 1. The molecule has 2 aliphatic heterocycles. The molecule has 0 radical (unpaired) electrons. The minimum atomic E-state index is -1.28. The maximum absolute atomic E-state index is 12.7. The smallest absolute Gasteiger partial charge is 0.330 e. The molecule has 11 heteroatoms. The average molecular weight is 588 g/mol. The van der Waals surface area contributed by atoms with E-state index in [0.717, 1.165) is 16.7 Å². The third kappa shape index (κ3) is 4.85. The van der Waals surface area contributed by atoms with Crippen molar-refractivity contribution in [2.24, 2.45) is 0 Å². The molecule has 3 heterocycles. The van der Waals surface area contributed by atoms with Crippen LogP contribution in [0.1, 0.15) is 22.9 Å². The Bertz CT molecular complexity index is 1620. The Balaban J connectivity index is 1.46. The number of aliphatic hydroxyl groups excluding tert-OH is 1. The summed E-state index contributed by atoms with van der Waals surface area (Å²) in [4.78, 5) is 32.3. The molecule has 2 saturated heterocycles. The minimum Gasteiger partial charge on any atom is -0.497 e. The van der Waals surface area contributed by atoms with Crippen molar-refractivity contribution in [1.82, 2.24) is 14.6 Å². The van der Waals surface area contributed by atoms with Crippen LogP contribution in [-0.2, 0) is 19.9 Å². The molecule has 2 aliphatic rings. The van der Waals surface area contributed by atoms with Crippen molar-refractivity contribution >= 4 is 0 Å². The molecule has 0 aliphatic carbocycles. The Labute approximate surface area is 247 Å². The Morgan fingerprint density at radius 3 is 2.00 bits per heavy atom. The first-order valence-electron chi connectivity index (χ1n) is 13.8. The lowest BCUT2D eigenvalue weighted by molar-refractivity contribution is -0.247. The first kappa shape index (κ1) is 28.8. The van der Waals surface area contributed by atoms with Gasteiger partial charge in [-0.25, -0.2) is 4.79 Å². The van der Waals surface area contributed by atoms with Gasteiger partial charge < -0.3 is 28.9 Å². The fourth-order valence-electron chi connectivity index (χ4n) is 6.15. The van der Waals surface area contributed by atoms with E-state index in [-0.39, 0.29) is 13.2 Å². The highest BCUT2D eigenvalue weighted by Crippen LogP contribution is 2.49. The van der Waals surface area contributed by atoms with Crippen LogP contribution in [0.15, 0.2) is 101 Å². The number of hydrogen-bond donors (Lipinski definition) is 2. The summed E-state index contributed by atoms with van der Waals surface area (Å²) in [5.74, 6) is 1.38. The SMILES string of the molecule is COc1ccc(C(OC[C@@]23CN(OC)[C@@H]([C@H](n4ccc(=O)[nH]c4=O)O2)[C@@H]3O)(c2ccccc2)c2ccc(OC)cc2)cc1. The standard InChI is InChI=1S/C32H33N3O8/c1-39-24-13-9-22(10-14-24)32(21-7-5-4-6-8-21,23-11-15-25(40-2)16-12-23)42-20-31-19-35(41-3)27(28(31)37)29(43-31)34-18-17-26(36)33-30(34)38/h4-18,27-29,37H,19-20H2,1-3H3,(H,33,36,38)/t27-,28+,29-,31-/m1/s1. The Morgan fingerprint density at radius 2 is 1.47 bits per heavy atom. The van der Waals surface area contributed by atoms with Gasteiger partial charge in [-0.1, -0.05) is 54.6 Å². The van der Waals surface area contributed by atoms with Gasteiger partial charge in [0.05, 0.1) is 34.5 Å². The second-order valence-electron chi connectivity index (χ2n) is 10.6. The number of H-pyrrole nitrogens is 1. The van der Waals surface area contributed by atoms with Crippen molar-refractivity contribution in [2.75, 3.05) is 34.5 Å². The number of morpholine rings is 1. The number of nitrogens with zero attached hydrogens (tertiary/aromatic N) is 2. The van der Waals surface area contributed by atoms with Gasteiger partial charge in [-0.05, 0) is 41.0 Å². The van der Waals surface area contributed by atoms with Gasteiger partial charge in [0.1, 0.15) is 34.8 Å². The topological polar surface area (TPSA) is 124 Å². The van der Waals surface area contributed by atoms with E-state index >= 15 is 0 Å². The molecular weight excluding hydrogens is 554 g/mol. The number of methoxy groups -OCH3 is 2. The third-order valence-corrected chi connectivity index (χ3v) is 8.33. The first-order chi connectivity index (χ1) is 20.8. The summed E-state index contributed by atoms with van der Waals surface area (Å²) in [5.41, 5.74) is -1.13. The summed E-state index contributed by atoms with van der Waals surface area (Å²) < 4.78 is 25.6. The number of rotatable bonds is 10. The molecule has 43 heavy (non-hydrogen) atoms. The molecule has 0 amide bonds. The average Bonchev–Trinajstić information content (AvgIpc) is 3.48. The van der Waals surface area contributed by atoms with Gasteiger partial charge in [-0.15, -0.1) is 0 Å². The molecule has 1 aromatic heterocycles. The van der Waals surface area contributed by atoms with E-state index in [9.17, 15) is 14.7 Å². The number of aromatic amines is 1. The molecule has 4 aromatic rings. The van der Waals surface area contributed by atoms with Crippen molar-refractivity contribution in [1.29, 1.82) is 0 Å². The van der Waals surface area contributed by atoms with Gasteiger partial charge in [0.25, 0.3) is 5.56 Å². The maximum Gasteiger partial charge on any atom is 0.330 e. The van der Waals surface area contributed by atoms with Gasteiger partial charge in [0, 0.05) is 12.3 Å². The van der Waals surface area contributed by atoms with Crippen LogP contribution in [0.25, 0.3) is 0 Å². The zero-order chi connectivity index (χ0) is 30.2. The Hall–Kier alpha value is -4.26. The van der Waals surface area contributed by atoms with Crippen molar-refractivity contribution in [3.05, 3.63) is 129 Å². The van der Waals surface area contributed by atoms with E-state index in [0.29, 0.717) is 11.5 Å². The van der Waals surface area contributed by atoms with E-state index in [1.54, 1.807) is 19.3 Å². The predicted molar refractivity (Wildman–Crippen MR) is 156 cm³/mol. The second kappa shape index (κ2) is 11.4. The largest absolute Gasteiger partial charge is 0.497 e. The van der Waals surface area contributed by atoms with Crippen molar-refractivity contribution in [3.63, 3.8) is 0 Å². The molecule has 2 N–H and O–H groups in total. The molecule has 11 nitrogen and oxygen atoms in total. The van der Waals surface area contributed by atoms with Crippen LogP contribution < -0.4 is 20.7 Å². The van der Waals surface area contributed by atoms with E-state index in [1.807, 2.05) is 78.9 Å². The summed E-state index contributed by atoms with van der Waals surface area (Å²) in [6, 6.07) is 25.6.